The summed E-state index contributed by atoms with van der Waals surface area (Å²) in [6, 6.07) is 11.0. The Morgan fingerprint density at radius 2 is 2.11 bits per heavy atom. The van der Waals surface area contributed by atoms with E-state index in [2.05, 4.69) is 39.2 Å². The second-order valence-corrected chi connectivity index (χ2v) is 7.55. The van der Waals surface area contributed by atoms with Crippen molar-refractivity contribution in [3.63, 3.8) is 0 Å². The molecule has 2 aromatic heterocycles. The van der Waals surface area contributed by atoms with Crippen LogP contribution in [0, 0.1) is 12.7 Å². The van der Waals surface area contributed by atoms with Gasteiger partial charge in [0.1, 0.15) is 11.5 Å². The second kappa shape index (κ2) is 7.62. The number of aryl methyl sites for hydroxylation is 1. The quantitative estimate of drug-likeness (QED) is 0.511. The van der Waals surface area contributed by atoms with Crippen LogP contribution in [0.3, 0.4) is 0 Å². The minimum absolute atomic E-state index is 0.0266. The van der Waals surface area contributed by atoms with Crippen molar-refractivity contribution in [3.8, 4) is 0 Å². The van der Waals surface area contributed by atoms with Gasteiger partial charge in [-0.15, -0.1) is 0 Å². The highest BCUT2D eigenvalue weighted by molar-refractivity contribution is 5.79. The van der Waals surface area contributed by atoms with Gasteiger partial charge in [0.25, 0.3) is 0 Å². The molecule has 3 aromatic rings. The predicted molar refractivity (Wildman–Crippen MR) is 110 cm³/mol. The lowest BCUT2D eigenvalue weighted by molar-refractivity contribution is 0.607. The lowest BCUT2D eigenvalue weighted by Crippen LogP contribution is -2.42. The van der Waals surface area contributed by atoms with Crippen molar-refractivity contribution < 1.29 is 4.39 Å². The Labute approximate surface area is 164 Å². The maximum atomic E-state index is 13.6. The zero-order valence-electron chi connectivity index (χ0n) is 16.4. The van der Waals surface area contributed by atoms with E-state index in [4.69, 9.17) is 4.98 Å². The Bertz CT molecular complexity index is 1000. The van der Waals surface area contributed by atoms with E-state index in [-0.39, 0.29) is 11.2 Å². The summed E-state index contributed by atoms with van der Waals surface area (Å²) in [5.74, 6) is 0.594. The van der Waals surface area contributed by atoms with Crippen LogP contribution >= 0.6 is 0 Å². The molecule has 6 heteroatoms. The Morgan fingerprint density at radius 3 is 2.82 bits per heavy atom. The van der Waals surface area contributed by atoms with E-state index < -0.39 is 0 Å². The summed E-state index contributed by atoms with van der Waals surface area (Å²) in [4.78, 5) is 9.02. The van der Waals surface area contributed by atoms with E-state index in [9.17, 15) is 4.39 Å². The Morgan fingerprint density at radius 1 is 1.25 bits per heavy atom. The van der Waals surface area contributed by atoms with Gasteiger partial charge in [-0.3, -0.25) is 4.99 Å². The van der Waals surface area contributed by atoms with Crippen LogP contribution in [0.4, 0.5) is 4.39 Å². The Hall–Kier alpha value is -2.89. The first kappa shape index (κ1) is 18.5. The van der Waals surface area contributed by atoms with Crippen molar-refractivity contribution in [3.05, 3.63) is 71.4 Å². The van der Waals surface area contributed by atoms with Crippen LogP contribution in [-0.4, -0.2) is 35.5 Å². The number of benzene rings is 1. The maximum Gasteiger partial charge on any atom is 0.191 e. The topological polar surface area (TPSA) is 53.7 Å². The first-order chi connectivity index (χ1) is 13.6. The van der Waals surface area contributed by atoms with E-state index in [1.807, 2.05) is 18.3 Å². The van der Waals surface area contributed by atoms with E-state index in [0.717, 1.165) is 55.2 Å². The number of hydrogen-bond acceptors (Lipinski definition) is 2. The third kappa shape index (κ3) is 3.86. The van der Waals surface area contributed by atoms with Crippen molar-refractivity contribution in [1.82, 2.24) is 20.0 Å². The zero-order chi connectivity index (χ0) is 19.6. The fraction of sp³-hybridized carbons (Fsp3) is 0.364. The number of fused-ring (bicyclic) bond motifs is 1. The molecule has 2 N–H and O–H groups in total. The minimum atomic E-state index is -0.172. The summed E-state index contributed by atoms with van der Waals surface area (Å²) in [5.41, 5.74) is 4.32. The average Bonchev–Trinajstić information content (AvgIpc) is 3.37. The molecule has 2 heterocycles. The molecule has 1 aliphatic carbocycles. The highest BCUT2D eigenvalue weighted by Crippen LogP contribution is 2.47. The Balaban J connectivity index is 1.31. The van der Waals surface area contributed by atoms with Crippen LogP contribution in [-0.2, 0) is 11.8 Å². The van der Waals surface area contributed by atoms with Gasteiger partial charge in [-0.1, -0.05) is 18.2 Å². The lowest BCUT2D eigenvalue weighted by atomic mass is 9.96. The maximum absolute atomic E-state index is 13.6. The van der Waals surface area contributed by atoms with Crippen molar-refractivity contribution in [2.75, 3.05) is 20.1 Å². The zero-order valence-corrected chi connectivity index (χ0v) is 16.4. The van der Waals surface area contributed by atoms with E-state index in [1.165, 1.54) is 11.6 Å². The van der Waals surface area contributed by atoms with E-state index in [1.54, 1.807) is 19.2 Å². The van der Waals surface area contributed by atoms with Crippen molar-refractivity contribution in [1.29, 1.82) is 0 Å². The van der Waals surface area contributed by atoms with Gasteiger partial charge in [0.05, 0.1) is 5.69 Å². The van der Waals surface area contributed by atoms with Crippen molar-refractivity contribution in [2.45, 2.75) is 31.6 Å². The fourth-order valence-corrected chi connectivity index (χ4v) is 3.64. The largest absolute Gasteiger partial charge is 0.356 e. The van der Waals surface area contributed by atoms with Gasteiger partial charge < -0.3 is 15.0 Å². The molecule has 1 aromatic carbocycles. The van der Waals surface area contributed by atoms with Gasteiger partial charge in [0, 0.05) is 44.4 Å². The standard InChI is InChI=1S/C22H26FN5/c1-16-5-4-12-28-14-19(27-20(16)28)8-11-25-21(24-2)26-15-22(9-10-22)17-6-3-7-18(23)13-17/h3-7,12-14H,8-11,15H2,1-2H3,(H2,24,25,26). The van der Waals surface area contributed by atoms with Crippen molar-refractivity contribution >= 4 is 11.6 Å². The fourth-order valence-electron chi connectivity index (χ4n) is 3.64. The van der Waals surface area contributed by atoms with E-state index >= 15 is 0 Å². The van der Waals surface area contributed by atoms with Crippen LogP contribution in [0.5, 0.6) is 0 Å². The smallest absolute Gasteiger partial charge is 0.191 e. The lowest BCUT2D eigenvalue weighted by Gasteiger charge is -2.19. The third-order valence-corrected chi connectivity index (χ3v) is 5.51. The van der Waals surface area contributed by atoms with Crippen LogP contribution in [0.25, 0.3) is 5.65 Å². The summed E-state index contributed by atoms with van der Waals surface area (Å²) < 4.78 is 15.6. The molecule has 0 aliphatic heterocycles. The number of imidazole rings is 1. The number of nitrogens with zero attached hydrogens (tertiary/aromatic N) is 3. The SMILES string of the molecule is CN=C(NCCc1cn2cccc(C)c2n1)NCC1(c2cccc(F)c2)CC1. The third-order valence-electron chi connectivity index (χ3n) is 5.51. The first-order valence-corrected chi connectivity index (χ1v) is 9.73. The Kier molecular flexibility index (Phi) is 5.03. The van der Waals surface area contributed by atoms with Gasteiger partial charge in [-0.2, -0.15) is 0 Å². The molecule has 4 rings (SSSR count). The predicted octanol–water partition coefficient (Wildman–Crippen LogP) is 3.22. The molecular formula is C22H26FN5. The monoisotopic (exact) mass is 379 g/mol. The van der Waals surface area contributed by atoms with Crippen molar-refractivity contribution in [2.24, 2.45) is 4.99 Å². The summed E-state index contributed by atoms with van der Waals surface area (Å²) >= 11 is 0. The molecule has 5 nitrogen and oxygen atoms in total. The molecule has 0 amide bonds. The molecule has 0 atom stereocenters. The molecule has 1 aliphatic rings. The minimum Gasteiger partial charge on any atom is -0.356 e. The number of pyridine rings is 1. The molecule has 0 saturated heterocycles. The molecule has 146 valence electrons. The van der Waals surface area contributed by atoms with Gasteiger partial charge >= 0.3 is 0 Å². The second-order valence-electron chi connectivity index (χ2n) is 7.55. The number of guanidine groups is 1. The summed E-state index contributed by atoms with van der Waals surface area (Å²) in [7, 11) is 1.77. The molecule has 0 radical (unpaired) electrons. The van der Waals surface area contributed by atoms with Gasteiger partial charge in [-0.05, 0) is 49.1 Å². The molecule has 0 bridgehead atoms. The summed E-state index contributed by atoms with van der Waals surface area (Å²) in [5, 5.41) is 6.76. The molecular weight excluding hydrogens is 353 g/mol. The normalized spacial score (nSPS) is 15.6. The van der Waals surface area contributed by atoms with Crippen LogP contribution in [0.15, 0.2) is 53.8 Å². The van der Waals surface area contributed by atoms with Crippen LogP contribution in [0.2, 0.25) is 0 Å². The highest BCUT2D eigenvalue weighted by Gasteiger charge is 2.44. The molecule has 0 spiro atoms. The molecule has 1 saturated carbocycles. The summed E-state index contributed by atoms with van der Waals surface area (Å²) in [6.07, 6.45) is 7.05. The van der Waals surface area contributed by atoms with Crippen LogP contribution < -0.4 is 10.6 Å². The van der Waals surface area contributed by atoms with Gasteiger partial charge in [-0.25, -0.2) is 9.37 Å². The number of nitrogens with one attached hydrogen (secondary N) is 2. The number of rotatable bonds is 6. The molecule has 1 fully saturated rings. The van der Waals surface area contributed by atoms with E-state index in [0.29, 0.717) is 0 Å². The number of halogens is 1. The molecule has 28 heavy (non-hydrogen) atoms. The first-order valence-electron chi connectivity index (χ1n) is 9.73. The van der Waals surface area contributed by atoms with Gasteiger partial charge in [0.2, 0.25) is 0 Å². The number of aliphatic imine (C=N–C) groups is 1. The number of hydrogen-bond donors (Lipinski definition) is 2. The summed E-state index contributed by atoms with van der Waals surface area (Å²) in [6.45, 7) is 3.57. The van der Waals surface area contributed by atoms with Crippen LogP contribution in [0.1, 0.15) is 29.7 Å². The molecule has 0 unspecified atom stereocenters. The number of aromatic nitrogens is 2. The highest BCUT2D eigenvalue weighted by atomic mass is 19.1. The average molecular weight is 379 g/mol. The van der Waals surface area contributed by atoms with Gasteiger partial charge in [0.15, 0.2) is 5.96 Å².